The average Bonchev–Trinajstić information content (AvgIpc) is 2.95. The highest BCUT2D eigenvalue weighted by molar-refractivity contribution is 5.24. The molecule has 0 bridgehead atoms. The predicted octanol–water partition coefficient (Wildman–Crippen LogP) is 2.88. The van der Waals surface area contributed by atoms with Crippen LogP contribution in [0.5, 0.6) is 0 Å². The number of nitrogens with one attached hydrogen (secondary N) is 1. The molecule has 1 heterocycles. The molecule has 118 valence electrons. The quantitative estimate of drug-likeness (QED) is 0.773. The zero-order valence-corrected chi connectivity index (χ0v) is 13.5. The van der Waals surface area contributed by atoms with Crippen molar-refractivity contribution in [3.05, 3.63) is 35.4 Å². The van der Waals surface area contributed by atoms with Crippen LogP contribution in [0, 0.1) is 6.92 Å². The van der Waals surface area contributed by atoms with E-state index in [1.54, 1.807) is 0 Å². The molecule has 3 nitrogen and oxygen atoms in total. The molecule has 3 heteroatoms. The Labute approximate surface area is 129 Å². The lowest BCUT2D eigenvalue weighted by molar-refractivity contribution is 0.208. The highest BCUT2D eigenvalue weighted by Crippen LogP contribution is 2.24. The Bertz CT molecular complexity index is 404. The van der Waals surface area contributed by atoms with Gasteiger partial charge in [0.15, 0.2) is 0 Å². The molecule has 1 aromatic rings. The van der Waals surface area contributed by atoms with Gasteiger partial charge in [-0.2, -0.15) is 0 Å². The lowest BCUT2D eigenvalue weighted by atomic mass is 10.0. The van der Waals surface area contributed by atoms with Crippen LogP contribution in [0.15, 0.2) is 24.3 Å². The van der Waals surface area contributed by atoms with Gasteiger partial charge in [-0.1, -0.05) is 29.8 Å². The molecule has 2 N–H and O–H groups in total. The minimum absolute atomic E-state index is 0.326. The Morgan fingerprint density at radius 3 is 2.76 bits per heavy atom. The summed E-state index contributed by atoms with van der Waals surface area (Å²) < 4.78 is 0. The van der Waals surface area contributed by atoms with Crippen LogP contribution < -0.4 is 5.32 Å². The van der Waals surface area contributed by atoms with E-state index < -0.39 is 0 Å². The first kappa shape index (κ1) is 16.5. The van der Waals surface area contributed by atoms with Crippen molar-refractivity contribution in [2.45, 2.75) is 51.1 Å². The fraction of sp³-hybridized carbons (Fsp3) is 0.667. The van der Waals surface area contributed by atoms with Gasteiger partial charge in [0.25, 0.3) is 0 Å². The van der Waals surface area contributed by atoms with Crippen LogP contribution in [0.25, 0.3) is 0 Å². The molecule has 2 rings (SSSR count). The summed E-state index contributed by atoms with van der Waals surface area (Å²) in [6.45, 7) is 4.83. The first-order valence-electron chi connectivity index (χ1n) is 8.33. The molecular weight excluding hydrogens is 260 g/mol. The maximum atomic E-state index is 9.01. The molecule has 1 saturated heterocycles. The molecule has 1 aromatic carbocycles. The minimum atomic E-state index is 0.326. The van der Waals surface area contributed by atoms with Crippen molar-refractivity contribution in [1.29, 1.82) is 0 Å². The number of hydrogen-bond donors (Lipinski definition) is 2. The van der Waals surface area contributed by atoms with Gasteiger partial charge in [0.1, 0.15) is 0 Å². The van der Waals surface area contributed by atoms with Gasteiger partial charge in [0, 0.05) is 25.2 Å². The van der Waals surface area contributed by atoms with Gasteiger partial charge in [-0.25, -0.2) is 0 Å². The number of benzene rings is 1. The van der Waals surface area contributed by atoms with Gasteiger partial charge < -0.3 is 15.3 Å². The first-order chi connectivity index (χ1) is 10.2. The van der Waals surface area contributed by atoms with Crippen LogP contribution in [0.1, 0.15) is 49.3 Å². The van der Waals surface area contributed by atoms with E-state index >= 15 is 0 Å². The largest absolute Gasteiger partial charge is 0.396 e. The third-order valence-electron chi connectivity index (χ3n) is 4.73. The molecule has 1 fully saturated rings. The monoisotopic (exact) mass is 290 g/mol. The van der Waals surface area contributed by atoms with E-state index in [0.29, 0.717) is 18.7 Å². The lowest BCUT2D eigenvalue weighted by Crippen LogP contribution is -2.32. The molecule has 0 saturated carbocycles. The number of hydrogen-bond acceptors (Lipinski definition) is 3. The summed E-state index contributed by atoms with van der Waals surface area (Å²) in [6, 6.07) is 9.99. The smallest absolute Gasteiger partial charge is 0.0431 e. The zero-order valence-electron chi connectivity index (χ0n) is 13.5. The molecule has 0 spiro atoms. The van der Waals surface area contributed by atoms with Crippen LogP contribution in [0.2, 0.25) is 0 Å². The topological polar surface area (TPSA) is 35.5 Å². The number of rotatable bonds is 8. The van der Waals surface area contributed by atoms with Gasteiger partial charge in [-0.3, -0.25) is 0 Å². The van der Waals surface area contributed by atoms with E-state index in [1.807, 2.05) is 0 Å². The predicted molar refractivity (Wildman–Crippen MR) is 88.5 cm³/mol. The molecule has 0 amide bonds. The second kappa shape index (κ2) is 8.52. The number of aryl methyl sites for hydroxylation is 1. The van der Waals surface area contributed by atoms with Crippen molar-refractivity contribution < 1.29 is 5.11 Å². The second-order valence-corrected chi connectivity index (χ2v) is 6.24. The molecule has 1 aliphatic heterocycles. The van der Waals surface area contributed by atoms with E-state index in [-0.39, 0.29) is 0 Å². The summed E-state index contributed by atoms with van der Waals surface area (Å²) in [7, 11) is 2.05. The summed E-state index contributed by atoms with van der Waals surface area (Å²) >= 11 is 0. The number of nitrogens with zero attached hydrogens (tertiary/aromatic N) is 1. The first-order valence-corrected chi connectivity index (χ1v) is 8.33. The second-order valence-electron chi connectivity index (χ2n) is 6.24. The molecular formula is C18H30N2O. The van der Waals surface area contributed by atoms with Gasteiger partial charge in [0.2, 0.25) is 0 Å². The van der Waals surface area contributed by atoms with E-state index in [2.05, 4.69) is 48.5 Å². The summed E-state index contributed by atoms with van der Waals surface area (Å²) in [5.41, 5.74) is 2.70. The molecule has 2 unspecified atom stereocenters. The average molecular weight is 290 g/mol. The molecule has 0 radical (unpaired) electrons. The molecule has 0 aliphatic carbocycles. The zero-order chi connectivity index (χ0) is 15.1. The van der Waals surface area contributed by atoms with Crippen molar-refractivity contribution in [1.82, 2.24) is 10.2 Å². The van der Waals surface area contributed by atoms with Gasteiger partial charge in [0.05, 0.1) is 0 Å². The summed E-state index contributed by atoms with van der Waals surface area (Å²) in [4.78, 5) is 2.62. The van der Waals surface area contributed by atoms with Crippen molar-refractivity contribution >= 4 is 0 Å². The van der Waals surface area contributed by atoms with Crippen molar-refractivity contribution in [2.75, 3.05) is 26.7 Å². The Morgan fingerprint density at radius 2 is 2.10 bits per heavy atom. The fourth-order valence-corrected chi connectivity index (χ4v) is 3.41. The molecule has 0 aromatic heterocycles. The van der Waals surface area contributed by atoms with Crippen molar-refractivity contribution in [3.8, 4) is 0 Å². The standard InChI is InChI=1S/C18H30N2O/c1-15-7-9-16(10-8-15)18(19-2)11-13-20-12-3-5-17(20)6-4-14-21/h7-10,17-19,21H,3-6,11-14H2,1-2H3. The van der Waals surface area contributed by atoms with Crippen LogP contribution >= 0.6 is 0 Å². The molecule has 21 heavy (non-hydrogen) atoms. The van der Waals surface area contributed by atoms with Crippen molar-refractivity contribution in [3.63, 3.8) is 0 Å². The van der Waals surface area contributed by atoms with E-state index in [0.717, 1.165) is 25.8 Å². The molecule has 1 aliphatic rings. The van der Waals surface area contributed by atoms with Gasteiger partial charge in [-0.05, 0) is 58.2 Å². The van der Waals surface area contributed by atoms with Crippen LogP contribution in [0.3, 0.4) is 0 Å². The summed E-state index contributed by atoms with van der Waals surface area (Å²) in [6.07, 6.45) is 5.84. The van der Waals surface area contributed by atoms with E-state index in [4.69, 9.17) is 5.11 Å². The SMILES string of the molecule is CNC(CCN1CCCC1CCCO)c1ccc(C)cc1. The Balaban J connectivity index is 1.86. The Morgan fingerprint density at radius 1 is 1.33 bits per heavy atom. The normalized spacial score (nSPS) is 20.8. The third kappa shape index (κ3) is 4.80. The van der Waals surface area contributed by atoms with Crippen molar-refractivity contribution in [2.24, 2.45) is 0 Å². The third-order valence-corrected chi connectivity index (χ3v) is 4.73. The highest BCUT2D eigenvalue weighted by atomic mass is 16.2. The minimum Gasteiger partial charge on any atom is -0.396 e. The summed E-state index contributed by atoms with van der Waals surface area (Å²) in [5, 5.41) is 12.5. The number of aliphatic hydroxyl groups excluding tert-OH is 1. The Hall–Kier alpha value is -0.900. The fourth-order valence-electron chi connectivity index (χ4n) is 3.41. The maximum absolute atomic E-state index is 9.01. The molecule has 2 atom stereocenters. The number of likely N-dealkylation sites (tertiary alicyclic amines) is 1. The number of aliphatic hydroxyl groups is 1. The van der Waals surface area contributed by atoms with Crippen LogP contribution in [-0.4, -0.2) is 42.8 Å². The van der Waals surface area contributed by atoms with Crippen LogP contribution in [-0.2, 0) is 0 Å². The van der Waals surface area contributed by atoms with Gasteiger partial charge in [-0.15, -0.1) is 0 Å². The van der Waals surface area contributed by atoms with E-state index in [1.165, 1.54) is 30.5 Å². The van der Waals surface area contributed by atoms with E-state index in [9.17, 15) is 0 Å². The highest BCUT2D eigenvalue weighted by Gasteiger charge is 2.24. The van der Waals surface area contributed by atoms with Gasteiger partial charge >= 0.3 is 0 Å². The lowest BCUT2D eigenvalue weighted by Gasteiger charge is -2.27. The van der Waals surface area contributed by atoms with Crippen LogP contribution in [0.4, 0.5) is 0 Å². The maximum Gasteiger partial charge on any atom is 0.0431 e. The summed E-state index contributed by atoms with van der Waals surface area (Å²) in [5.74, 6) is 0. The Kier molecular flexibility index (Phi) is 6.68.